The van der Waals surface area contributed by atoms with Gasteiger partial charge in [0.25, 0.3) is 0 Å². The molecule has 3 N–H and O–H groups in total. The van der Waals surface area contributed by atoms with Gasteiger partial charge in [-0.2, -0.15) is 0 Å². The Bertz CT molecular complexity index is 581. The average molecular weight is 266 g/mol. The molecular weight excluding hydrogens is 254 g/mol. The Labute approximate surface area is 109 Å². The Hall–Kier alpha value is -2.01. The predicted molar refractivity (Wildman–Crippen MR) is 69.3 cm³/mol. The van der Waals surface area contributed by atoms with Crippen LogP contribution in [0.2, 0.25) is 5.02 Å². The van der Waals surface area contributed by atoms with Gasteiger partial charge in [0.05, 0.1) is 5.02 Å². The highest BCUT2D eigenvalue weighted by atomic mass is 35.5. The molecule has 0 aliphatic heterocycles. The number of rotatable bonds is 4. The molecule has 0 radical (unpaired) electrons. The number of hydrogen-bond acceptors (Lipinski definition) is 5. The maximum atomic E-state index is 7.16. The molecule has 0 atom stereocenters. The average Bonchev–Trinajstić information content (AvgIpc) is 2.75. The van der Waals surface area contributed by atoms with Gasteiger partial charge in [0.2, 0.25) is 0 Å². The van der Waals surface area contributed by atoms with Gasteiger partial charge < -0.3 is 20.4 Å². The van der Waals surface area contributed by atoms with Crippen LogP contribution in [0.1, 0.15) is 17.0 Å². The van der Waals surface area contributed by atoms with Crippen molar-refractivity contribution in [1.29, 1.82) is 5.41 Å². The van der Waals surface area contributed by atoms with Gasteiger partial charge in [-0.25, -0.2) is 0 Å². The predicted octanol–water partition coefficient (Wildman–Crippen LogP) is 2.80. The molecule has 18 heavy (non-hydrogen) atoms. The molecule has 94 valence electrons. The number of aromatic nitrogens is 1. The second kappa shape index (κ2) is 5.10. The molecule has 0 spiro atoms. The van der Waals surface area contributed by atoms with Gasteiger partial charge in [-0.05, 0) is 13.0 Å². The monoisotopic (exact) mass is 265 g/mol. The van der Waals surface area contributed by atoms with Gasteiger partial charge in [-0.3, -0.25) is 0 Å². The summed E-state index contributed by atoms with van der Waals surface area (Å²) in [6, 6.07) is 4.96. The van der Waals surface area contributed by atoms with E-state index in [9.17, 15) is 0 Å². The van der Waals surface area contributed by atoms with Crippen LogP contribution in [0, 0.1) is 12.3 Å². The lowest BCUT2D eigenvalue weighted by Gasteiger charge is -2.08. The highest BCUT2D eigenvalue weighted by Gasteiger charge is 2.08. The molecule has 6 heteroatoms. The van der Waals surface area contributed by atoms with Crippen molar-refractivity contribution in [3.05, 3.63) is 40.2 Å². The lowest BCUT2D eigenvalue weighted by atomic mass is 10.2. The molecule has 5 nitrogen and oxygen atoms in total. The number of benzene rings is 1. The van der Waals surface area contributed by atoms with Gasteiger partial charge in [-0.1, -0.05) is 16.8 Å². The SMILES string of the molecule is Cc1cc(COc2cc(N)c(C=N)cc2Cl)no1. The highest BCUT2D eigenvalue weighted by molar-refractivity contribution is 6.32. The Balaban J connectivity index is 2.14. The summed E-state index contributed by atoms with van der Waals surface area (Å²) in [6.07, 6.45) is 1.14. The molecule has 0 unspecified atom stereocenters. The summed E-state index contributed by atoms with van der Waals surface area (Å²) in [5.74, 6) is 1.18. The van der Waals surface area contributed by atoms with Gasteiger partial charge in [0, 0.05) is 29.6 Å². The molecule has 0 saturated heterocycles. The molecule has 0 saturated carbocycles. The van der Waals surface area contributed by atoms with E-state index >= 15 is 0 Å². The Kier molecular flexibility index (Phi) is 3.53. The van der Waals surface area contributed by atoms with Crippen LogP contribution in [0.4, 0.5) is 5.69 Å². The van der Waals surface area contributed by atoms with Crippen molar-refractivity contribution in [3.8, 4) is 5.75 Å². The van der Waals surface area contributed by atoms with Crippen LogP contribution in [0.3, 0.4) is 0 Å². The number of aryl methyl sites for hydroxylation is 1. The van der Waals surface area contributed by atoms with E-state index in [2.05, 4.69) is 5.16 Å². The quantitative estimate of drug-likeness (QED) is 0.657. The molecule has 0 fully saturated rings. The van der Waals surface area contributed by atoms with E-state index in [1.807, 2.05) is 0 Å². The van der Waals surface area contributed by atoms with Crippen LogP contribution in [-0.4, -0.2) is 11.4 Å². The van der Waals surface area contributed by atoms with Crippen molar-refractivity contribution < 1.29 is 9.26 Å². The number of nitrogens with one attached hydrogen (secondary N) is 1. The number of halogens is 1. The first kappa shape index (κ1) is 12.4. The molecule has 2 rings (SSSR count). The van der Waals surface area contributed by atoms with Crippen LogP contribution in [0.25, 0.3) is 0 Å². The molecule has 1 aromatic carbocycles. The molecular formula is C12H12ClN3O2. The van der Waals surface area contributed by atoms with E-state index in [0.717, 1.165) is 12.0 Å². The van der Waals surface area contributed by atoms with Gasteiger partial charge >= 0.3 is 0 Å². The van der Waals surface area contributed by atoms with Crippen molar-refractivity contribution in [2.24, 2.45) is 0 Å². The minimum atomic E-state index is 0.250. The molecule has 2 aromatic rings. The summed E-state index contributed by atoms with van der Waals surface area (Å²) < 4.78 is 10.4. The van der Waals surface area contributed by atoms with E-state index in [1.165, 1.54) is 0 Å². The minimum Gasteiger partial charge on any atom is -0.486 e. The van der Waals surface area contributed by atoms with Crippen LogP contribution in [0.5, 0.6) is 5.75 Å². The zero-order valence-corrected chi connectivity index (χ0v) is 10.5. The number of nitrogens with zero attached hydrogens (tertiary/aromatic N) is 1. The molecule has 0 amide bonds. The smallest absolute Gasteiger partial charge is 0.140 e. The molecule has 0 aliphatic carbocycles. The fourth-order valence-electron chi connectivity index (χ4n) is 1.46. The molecule has 1 aromatic heterocycles. The van der Waals surface area contributed by atoms with Gasteiger partial charge in [0.15, 0.2) is 0 Å². The maximum absolute atomic E-state index is 7.16. The number of anilines is 1. The Morgan fingerprint density at radius 1 is 1.50 bits per heavy atom. The number of hydrogen-bond donors (Lipinski definition) is 2. The Morgan fingerprint density at radius 3 is 2.89 bits per heavy atom. The maximum Gasteiger partial charge on any atom is 0.140 e. The van der Waals surface area contributed by atoms with Crippen molar-refractivity contribution in [2.45, 2.75) is 13.5 Å². The lowest BCUT2D eigenvalue weighted by Crippen LogP contribution is -1.99. The van der Waals surface area contributed by atoms with Crippen LogP contribution < -0.4 is 10.5 Å². The summed E-state index contributed by atoms with van der Waals surface area (Å²) in [4.78, 5) is 0. The third-order valence-electron chi connectivity index (χ3n) is 2.35. The van der Waals surface area contributed by atoms with Crippen LogP contribution >= 0.6 is 11.6 Å². The minimum absolute atomic E-state index is 0.250. The summed E-state index contributed by atoms with van der Waals surface area (Å²) in [5.41, 5.74) is 7.43. The van der Waals surface area contributed by atoms with E-state index < -0.39 is 0 Å². The van der Waals surface area contributed by atoms with Crippen molar-refractivity contribution >= 4 is 23.5 Å². The standard InChI is InChI=1S/C12H12ClN3O2/c1-7-2-9(16-18-7)6-17-12-4-11(15)8(5-14)3-10(12)13/h2-5,14H,6,15H2,1H3. The summed E-state index contributed by atoms with van der Waals surface area (Å²) in [7, 11) is 0. The van der Waals surface area contributed by atoms with Crippen molar-refractivity contribution in [3.63, 3.8) is 0 Å². The second-order valence-electron chi connectivity index (χ2n) is 3.77. The second-order valence-corrected chi connectivity index (χ2v) is 4.18. The fraction of sp³-hybridized carbons (Fsp3) is 0.167. The van der Waals surface area contributed by atoms with Crippen molar-refractivity contribution in [1.82, 2.24) is 5.16 Å². The number of ether oxygens (including phenoxy) is 1. The van der Waals surface area contributed by atoms with Gasteiger partial charge in [-0.15, -0.1) is 0 Å². The zero-order chi connectivity index (χ0) is 13.1. The zero-order valence-electron chi connectivity index (χ0n) is 9.74. The van der Waals surface area contributed by atoms with E-state index in [1.54, 1.807) is 25.1 Å². The van der Waals surface area contributed by atoms with Crippen LogP contribution in [-0.2, 0) is 6.61 Å². The summed E-state index contributed by atoms with van der Waals surface area (Å²) in [5, 5.41) is 11.4. The number of nitrogens with two attached hydrogens (primary N) is 1. The summed E-state index contributed by atoms with van der Waals surface area (Å²) in [6.45, 7) is 2.06. The topological polar surface area (TPSA) is 85.1 Å². The van der Waals surface area contributed by atoms with Crippen LogP contribution in [0.15, 0.2) is 22.7 Å². The first-order valence-corrected chi connectivity index (χ1v) is 5.62. The number of nitrogen functional groups attached to an aromatic ring is 1. The van der Waals surface area contributed by atoms with E-state index in [0.29, 0.717) is 27.7 Å². The normalized spacial score (nSPS) is 10.3. The third-order valence-corrected chi connectivity index (χ3v) is 2.64. The molecule has 0 bridgehead atoms. The van der Waals surface area contributed by atoms with E-state index in [-0.39, 0.29) is 6.61 Å². The highest BCUT2D eigenvalue weighted by Crippen LogP contribution is 2.29. The molecule has 1 heterocycles. The van der Waals surface area contributed by atoms with Crippen molar-refractivity contribution in [2.75, 3.05) is 5.73 Å². The fourth-order valence-corrected chi connectivity index (χ4v) is 1.68. The Morgan fingerprint density at radius 2 is 2.28 bits per heavy atom. The van der Waals surface area contributed by atoms with Gasteiger partial charge in [0.1, 0.15) is 23.8 Å². The van der Waals surface area contributed by atoms with E-state index in [4.69, 9.17) is 32.0 Å². The summed E-state index contributed by atoms with van der Waals surface area (Å²) >= 11 is 6.02. The largest absolute Gasteiger partial charge is 0.486 e. The first-order valence-electron chi connectivity index (χ1n) is 5.24. The third kappa shape index (κ3) is 2.62. The first-order chi connectivity index (χ1) is 8.60. The molecule has 0 aliphatic rings. The lowest BCUT2D eigenvalue weighted by molar-refractivity contribution is 0.288.